The summed E-state index contributed by atoms with van der Waals surface area (Å²) >= 11 is 0. The van der Waals surface area contributed by atoms with Crippen LogP contribution in [0.2, 0.25) is 0 Å². The first-order chi connectivity index (χ1) is 8.99. The quantitative estimate of drug-likeness (QED) is 0.708. The van der Waals surface area contributed by atoms with Crippen molar-refractivity contribution in [2.75, 3.05) is 32.1 Å². The van der Waals surface area contributed by atoms with E-state index in [1.54, 1.807) is 6.20 Å². The second-order valence-electron chi connectivity index (χ2n) is 5.08. The van der Waals surface area contributed by atoms with E-state index in [1.807, 2.05) is 19.1 Å². The van der Waals surface area contributed by atoms with E-state index in [0.717, 1.165) is 18.8 Å². The van der Waals surface area contributed by atoms with Crippen LogP contribution in [0.5, 0.6) is 0 Å². The molecule has 0 bridgehead atoms. The maximum Gasteiger partial charge on any atom is 0.180 e. The molecule has 0 fully saturated rings. The minimum absolute atomic E-state index is 0.0935. The van der Waals surface area contributed by atoms with Crippen molar-refractivity contribution in [3.05, 3.63) is 24.0 Å². The number of hydrogen-bond donors (Lipinski definition) is 0. The lowest BCUT2D eigenvalue weighted by Gasteiger charge is -2.31. The Labute approximate surface area is 116 Å². The molecule has 0 amide bonds. The van der Waals surface area contributed by atoms with Crippen LogP contribution >= 0.6 is 0 Å². The normalized spacial score (nSPS) is 12.5. The van der Waals surface area contributed by atoms with Crippen molar-refractivity contribution in [1.82, 2.24) is 9.88 Å². The van der Waals surface area contributed by atoms with E-state index in [2.05, 4.69) is 42.7 Å². The van der Waals surface area contributed by atoms with Crippen LogP contribution in [0.15, 0.2) is 18.3 Å². The maximum atomic E-state index is 11.6. The first-order valence-electron chi connectivity index (χ1n) is 6.90. The van der Waals surface area contributed by atoms with Gasteiger partial charge in [0.15, 0.2) is 5.78 Å². The fourth-order valence-corrected chi connectivity index (χ4v) is 2.28. The molecule has 4 heteroatoms. The zero-order valence-electron chi connectivity index (χ0n) is 12.7. The monoisotopic (exact) mass is 263 g/mol. The fraction of sp³-hybridized carbons (Fsp3) is 0.600. The summed E-state index contributed by atoms with van der Waals surface area (Å²) in [5.41, 5.74) is 1.63. The highest BCUT2D eigenvalue weighted by molar-refractivity contribution is 5.94. The standard InChI is InChI=1S/C15H25N3O/c1-6-15(19)14-9-8-13(10-16-14)18(7-2)12(3)11-17(4)5/h8-10,12H,6-7,11H2,1-5H3. The zero-order valence-corrected chi connectivity index (χ0v) is 12.7. The topological polar surface area (TPSA) is 36.4 Å². The third-order valence-corrected chi connectivity index (χ3v) is 3.19. The van der Waals surface area contributed by atoms with Crippen LogP contribution in [0.3, 0.4) is 0 Å². The van der Waals surface area contributed by atoms with Gasteiger partial charge in [0, 0.05) is 25.6 Å². The van der Waals surface area contributed by atoms with Gasteiger partial charge in [0.1, 0.15) is 5.69 Å². The molecule has 0 aliphatic heterocycles. The number of Topliss-reactive ketones (excluding diaryl/α,β-unsaturated/α-hetero) is 1. The van der Waals surface area contributed by atoms with E-state index in [4.69, 9.17) is 0 Å². The van der Waals surface area contributed by atoms with Gasteiger partial charge in [-0.15, -0.1) is 0 Å². The van der Waals surface area contributed by atoms with Crippen LogP contribution < -0.4 is 4.90 Å². The average Bonchev–Trinajstić information content (AvgIpc) is 2.38. The Kier molecular flexibility index (Phi) is 5.96. The molecule has 1 atom stereocenters. The minimum atomic E-state index is 0.0935. The fourth-order valence-electron chi connectivity index (χ4n) is 2.28. The van der Waals surface area contributed by atoms with E-state index >= 15 is 0 Å². The Bertz CT molecular complexity index is 400. The Morgan fingerprint density at radius 2 is 2.00 bits per heavy atom. The number of carbonyl (C=O) groups is 1. The lowest BCUT2D eigenvalue weighted by molar-refractivity contribution is 0.0983. The lowest BCUT2D eigenvalue weighted by Crippen LogP contribution is -2.40. The molecule has 1 aromatic heterocycles. The van der Waals surface area contributed by atoms with Crippen LogP contribution in [0.25, 0.3) is 0 Å². The smallest absolute Gasteiger partial charge is 0.180 e. The highest BCUT2D eigenvalue weighted by Crippen LogP contribution is 2.17. The van der Waals surface area contributed by atoms with Crippen LogP contribution in [0, 0.1) is 0 Å². The molecule has 19 heavy (non-hydrogen) atoms. The summed E-state index contributed by atoms with van der Waals surface area (Å²) in [4.78, 5) is 20.3. The summed E-state index contributed by atoms with van der Waals surface area (Å²) in [6.07, 6.45) is 2.30. The minimum Gasteiger partial charge on any atom is -0.367 e. The molecule has 1 unspecified atom stereocenters. The predicted molar refractivity (Wildman–Crippen MR) is 79.9 cm³/mol. The van der Waals surface area contributed by atoms with Crippen molar-refractivity contribution < 1.29 is 4.79 Å². The number of hydrogen-bond acceptors (Lipinski definition) is 4. The zero-order chi connectivity index (χ0) is 14.4. The molecule has 1 aromatic rings. The number of aromatic nitrogens is 1. The highest BCUT2D eigenvalue weighted by atomic mass is 16.1. The van der Waals surface area contributed by atoms with Crippen LogP contribution in [-0.4, -0.2) is 48.9 Å². The van der Waals surface area contributed by atoms with Crippen molar-refractivity contribution in [2.24, 2.45) is 0 Å². The van der Waals surface area contributed by atoms with E-state index in [9.17, 15) is 4.79 Å². The number of rotatable bonds is 7. The molecule has 0 saturated carbocycles. The van der Waals surface area contributed by atoms with Gasteiger partial charge in [-0.05, 0) is 40.1 Å². The second kappa shape index (κ2) is 7.24. The number of carbonyl (C=O) groups excluding carboxylic acids is 1. The molecule has 0 saturated heterocycles. The van der Waals surface area contributed by atoms with Crippen molar-refractivity contribution in [3.8, 4) is 0 Å². The molecule has 1 heterocycles. The number of anilines is 1. The van der Waals surface area contributed by atoms with Crippen molar-refractivity contribution in [3.63, 3.8) is 0 Å². The van der Waals surface area contributed by atoms with E-state index in [-0.39, 0.29) is 5.78 Å². The summed E-state index contributed by atoms with van der Waals surface area (Å²) in [6, 6.07) is 4.23. The van der Waals surface area contributed by atoms with E-state index in [1.165, 1.54) is 0 Å². The summed E-state index contributed by atoms with van der Waals surface area (Å²) < 4.78 is 0. The molecule has 0 radical (unpaired) electrons. The number of pyridine rings is 1. The third-order valence-electron chi connectivity index (χ3n) is 3.19. The van der Waals surface area contributed by atoms with Crippen LogP contribution in [0.1, 0.15) is 37.7 Å². The Morgan fingerprint density at radius 1 is 1.32 bits per heavy atom. The molecule has 0 spiro atoms. The molecule has 0 aromatic carbocycles. The molecular weight excluding hydrogens is 238 g/mol. The van der Waals surface area contributed by atoms with E-state index < -0.39 is 0 Å². The molecule has 0 aliphatic rings. The van der Waals surface area contributed by atoms with Gasteiger partial charge < -0.3 is 9.80 Å². The highest BCUT2D eigenvalue weighted by Gasteiger charge is 2.14. The Balaban J connectivity index is 2.84. The van der Waals surface area contributed by atoms with Gasteiger partial charge in [-0.2, -0.15) is 0 Å². The van der Waals surface area contributed by atoms with Gasteiger partial charge in [0.2, 0.25) is 0 Å². The third kappa shape index (κ3) is 4.31. The summed E-state index contributed by atoms with van der Waals surface area (Å²) in [6.45, 7) is 8.11. The van der Waals surface area contributed by atoms with Crippen molar-refractivity contribution in [1.29, 1.82) is 0 Å². The number of likely N-dealkylation sites (N-methyl/N-ethyl adjacent to an activating group) is 2. The van der Waals surface area contributed by atoms with Crippen LogP contribution in [-0.2, 0) is 0 Å². The average molecular weight is 263 g/mol. The van der Waals surface area contributed by atoms with Crippen LogP contribution in [0.4, 0.5) is 5.69 Å². The molecule has 1 rings (SSSR count). The summed E-state index contributed by atoms with van der Waals surface area (Å²) in [5, 5.41) is 0. The van der Waals surface area contributed by atoms with Gasteiger partial charge in [-0.1, -0.05) is 6.92 Å². The van der Waals surface area contributed by atoms with Crippen molar-refractivity contribution >= 4 is 11.5 Å². The predicted octanol–water partition coefficient (Wildman–Crippen LogP) is 2.45. The van der Waals surface area contributed by atoms with Gasteiger partial charge in [0.25, 0.3) is 0 Å². The Morgan fingerprint density at radius 3 is 2.42 bits per heavy atom. The molecule has 4 nitrogen and oxygen atoms in total. The maximum absolute atomic E-state index is 11.6. The number of ketones is 1. The number of nitrogens with zero attached hydrogens (tertiary/aromatic N) is 3. The molecule has 0 aliphatic carbocycles. The summed E-state index contributed by atoms with van der Waals surface area (Å²) in [5.74, 6) is 0.0935. The van der Waals surface area contributed by atoms with Gasteiger partial charge >= 0.3 is 0 Å². The van der Waals surface area contributed by atoms with E-state index in [0.29, 0.717) is 18.2 Å². The largest absolute Gasteiger partial charge is 0.367 e. The SMILES string of the molecule is CCC(=O)c1ccc(N(CC)C(C)CN(C)C)cn1. The first kappa shape index (κ1) is 15.6. The summed E-state index contributed by atoms with van der Waals surface area (Å²) in [7, 11) is 4.15. The molecular formula is C15H25N3O. The van der Waals surface area contributed by atoms with Gasteiger partial charge in [0.05, 0.1) is 11.9 Å². The second-order valence-corrected chi connectivity index (χ2v) is 5.08. The molecule has 106 valence electrons. The van der Waals surface area contributed by atoms with Gasteiger partial charge in [-0.25, -0.2) is 0 Å². The molecule has 0 N–H and O–H groups in total. The van der Waals surface area contributed by atoms with Gasteiger partial charge in [-0.3, -0.25) is 9.78 Å². The lowest BCUT2D eigenvalue weighted by atomic mass is 10.2. The Hall–Kier alpha value is -1.42. The van der Waals surface area contributed by atoms with Crippen molar-refractivity contribution in [2.45, 2.75) is 33.2 Å². The first-order valence-corrected chi connectivity index (χ1v) is 6.90.